The summed E-state index contributed by atoms with van der Waals surface area (Å²) in [5.74, 6) is 0.757. The van der Waals surface area contributed by atoms with Crippen LogP contribution in [-0.4, -0.2) is 41.9 Å². The van der Waals surface area contributed by atoms with Gasteiger partial charge in [-0.3, -0.25) is 14.7 Å². The van der Waals surface area contributed by atoms with Gasteiger partial charge in [0, 0.05) is 30.9 Å². The summed E-state index contributed by atoms with van der Waals surface area (Å²) in [5, 5.41) is 10.0. The molecule has 166 valence electrons. The lowest BCUT2D eigenvalue weighted by molar-refractivity contribution is -0.127. The number of nitrogens with zero attached hydrogens (tertiary/aromatic N) is 2. The molecule has 0 aliphatic carbocycles. The van der Waals surface area contributed by atoms with Crippen LogP contribution in [0.3, 0.4) is 0 Å². The minimum absolute atomic E-state index is 0.0997. The number of aromatic amines is 1. The largest absolute Gasteiger partial charge is 0.454 e. The number of H-pyrrole nitrogens is 1. The van der Waals surface area contributed by atoms with Gasteiger partial charge in [-0.2, -0.15) is 5.10 Å². The van der Waals surface area contributed by atoms with E-state index in [-0.39, 0.29) is 25.0 Å². The fourth-order valence-electron chi connectivity index (χ4n) is 3.61. The van der Waals surface area contributed by atoms with Gasteiger partial charge < -0.3 is 19.7 Å². The summed E-state index contributed by atoms with van der Waals surface area (Å²) in [7, 11) is 1.69. The number of likely N-dealkylation sites (N-methyl/N-ethyl adjacent to an activating group) is 1. The van der Waals surface area contributed by atoms with Gasteiger partial charge in [0.05, 0.1) is 12.1 Å². The maximum atomic E-state index is 13.4. The monoisotopic (exact) mass is 434 g/mol. The van der Waals surface area contributed by atoms with Crippen molar-refractivity contribution in [2.45, 2.75) is 32.7 Å². The van der Waals surface area contributed by atoms with Gasteiger partial charge in [0.1, 0.15) is 6.04 Å². The molecule has 4 rings (SSSR count). The van der Waals surface area contributed by atoms with E-state index in [4.69, 9.17) is 9.47 Å². The van der Waals surface area contributed by atoms with E-state index in [2.05, 4.69) is 15.5 Å². The van der Waals surface area contributed by atoms with Gasteiger partial charge >= 0.3 is 0 Å². The molecule has 0 bridgehead atoms. The predicted octanol–water partition coefficient (Wildman–Crippen LogP) is 2.69. The Morgan fingerprint density at radius 2 is 1.88 bits per heavy atom. The summed E-state index contributed by atoms with van der Waals surface area (Å²) in [6, 6.07) is 14.2. The van der Waals surface area contributed by atoms with E-state index < -0.39 is 6.04 Å². The molecule has 2 aromatic carbocycles. The second-order valence-corrected chi connectivity index (χ2v) is 7.84. The smallest absolute Gasteiger partial charge is 0.249 e. The molecule has 0 saturated heterocycles. The van der Waals surface area contributed by atoms with Crippen molar-refractivity contribution in [2.24, 2.45) is 0 Å². The Kier molecular flexibility index (Phi) is 6.11. The van der Waals surface area contributed by atoms with E-state index in [1.165, 1.54) is 4.90 Å². The molecule has 1 atom stereocenters. The molecule has 0 radical (unpaired) electrons. The number of hydrogen-bond acceptors (Lipinski definition) is 5. The molecule has 0 saturated carbocycles. The number of aromatic nitrogens is 2. The number of carbonyl (C=O) groups excluding carboxylic acids is 2. The van der Waals surface area contributed by atoms with Gasteiger partial charge in [-0.1, -0.05) is 30.3 Å². The zero-order chi connectivity index (χ0) is 22.7. The molecule has 2 amide bonds. The van der Waals surface area contributed by atoms with Crippen molar-refractivity contribution in [2.75, 3.05) is 18.7 Å². The van der Waals surface area contributed by atoms with Crippen molar-refractivity contribution in [1.29, 1.82) is 0 Å². The highest BCUT2D eigenvalue weighted by molar-refractivity contribution is 5.99. The molecule has 1 aliphatic heterocycles. The third kappa shape index (κ3) is 4.59. The molecule has 32 heavy (non-hydrogen) atoms. The predicted molar refractivity (Wildman–Crippen MR) is 120 cm³/mol. The Bertz CT molecular complexity index is 1130. The maximum absolute atomic E-state index is 13.4. The van der Waals surface area contributed by atoms with Gasteiger partial charge in [0.25, 0.3) is 0 Å². The normalized spacial score (nSPS) is 13.0. The second kappa shape index (κ2) is 9.13. The average Bonchev–Trinajstić information content (AvgIpc) is 3.39. The fourth-order valence-corrected chi connectivity index (χ4v) is 3.61. The number of hydrogen-bond donors (Lipinski definition) is 2. The standard InChI is InChI=1S/C24H26N4O4/c1-15-16(2)26-27-19(15)13-23(29)25-20(11-17-7-5-4-6-8-17)24(30)28(3)18-9-10-21-22(12-18)32-14-31-21/h4-10,12,20H,11,13-14H2,1-3H3,(H,25,29)(H,26,27)/t20-/m0/s1. The van der Waals surface area contributed by atoms with E-state index in [1.54, 1.807) is 25.2 Å². The topological polar surface area (TPSA) is 96.5 Å². The number of nitrogens with one attached hydrogen (secondary N) is 2. The summed E-state index contributed by atoms with van der Waals surface area (Å²) in [6.07, 6.45) is 0.474. The summed E-state index contributed by atoms with van der Waals surface area (Å²) < 4.78 is 10.8. The van der Waals surface area contributed by atoms with Crippen molar-refractivity contribution in [3.05, 3.63) is 71.0 Å². The van der Waals surface area contributed by atoms with Crippen LogP contribution in [-0.2, 0) is 22.4 Å². The zero-order valence-electron chi connectivity index (χ0n) is 18.3. The molecule has 0 fully saturated rings. The number of carbonyl (C=O) groups is 2. The lowest BCUT2D eigenvalue weighted by Gasteiger charge is -2.25. The Morgan fingerprint density at radius 3 is 2.59 bits per heavy atom. The van der Waals surface area contributed by atoms with E-state index in [0.29, 0.717) is 29.3 Å². The summed E-state index contributed by atoms with van der Waals surface area (Å²) >= 11 is 0. The van der Waals surface area contributed by atoms with E-state index in [1.807, 2.05) is 44.2 Å². The Labute approximate surface area is 186 Å². The highest BCUT2D eigenvalue weighted by atomic mass is 16.7. The van der Waals surface area contributed by atoms with Crippen LogP contribution in [0.25, 0.3) is 0 Å². The molecule has 1 aliphatic rings. The lowest BCUT2D eigenvalue weighted by atomic mass is 10.0. The van der Waals surface area contributed by atoms with Crippen molar-refractivity contribution in [3.8, 4) is 11.5 Å². The SMILES string of the molecule is Cc1[nH]nc(CC(=O)N[C@@H](Cc2ccccc2)C(=O)N(C)c2ccc3c(c2)OCO3)c1C. The quantitative estimate of drug-likeness (QED) is 0.596. The van der Waals surface area contributed by atoms with Crippen LogP contribution in [0, 0.1) is 13.8 Å². The van der Waals surface area contributed by atoms with Crippen molar-refractivity contribution in [3.63, 3.8) is 0 Å². The summed E-state index contributed by atoms with van der Waals surface area (Å²) in [5.41, 5.74) is 4.16. The molecule has 1 aromatic heterocycles. The highest BCUT2D eigenvalue weighted by Gasteiger charge is 2.27. The Balaban J connectivity index is 1.53. The number of rotatable bonds is 7. The first-order valence-corrected chi connectivity index (χ1v) is 10.4. The third-order valence-corrected chi connectivity index (χ3v) is 5.67. The molecule has 2 N–H and O–H groups in total. The van der Waals surface area contributed by atoms with Crippen LogP contribution in [0.5, 0.6) is 11.5 Å². The van der Waals surface area contributed by atoms with Gasteiger partial charge in [-0.15, -0.1) is 0 Å². The number of anilines is 1. The molecule has 8 heteroatoms. The van der Waals surface area contributed by atoms with Gasteiger partial charge in [-0.25, -0.2) is 0 Å². The molecule has 0 spiro atoms. The van der Waals surface area contributed by atoms with E-state index in [0.717, 1.165) is 16.8 Å². The summed E-state index contributed by atoms with van der Waals surface area (Å²) in [4.78, 5) is 27.8. The second-order valence-electron chi connectivity index (χ2n) is 7.84. The third-order valence-electron chi connectivity index (χ3n) is 5.67. The van der Waals surface area contributed by atoms with Crippen LogP contribution < -0.4 is 19.7 Å². The molecular formula is C24H26N4O4. The minimum atomic E-state index is -0.735. The van der Waals surface area contributed by atoms with E-state index >= 15 is 0 Å². The van der Waals surface area contributed by atoms with Gasteiger partial charge in [-0.05, 0) is 37.1 Å². The van der Waals surface area contributed by atoms with Gasteiger partial charge in [0.2, 0.25) is 18.6 Å². The average molecular weight is 434 g/mol. The minimum Gasteiger partial charge on any atom is -0.454 e. The fraction of sp³-hybridized carbons (Fsp3) is 0.292. The van der Waals surface area contributed by atoms with Gasteiger partial charge in [0.15, 0.2) is 11.5 Å². The molecule has 2 heterocycles. The van der Waals surface area contributed by atoms with Crippen LogP contribution in [0.4, 0.5) is 5.69 Å². The zero-order valence-corrected chi connectivity index (χ0v) is 18.3. The number of aryl methyl sites for hydroxylation is 1. The Hall–Kier alpha value is -3.81. The number of benzene rings is 2. The van der Waals surface area contributed by atoms with Crippen LogP contribution in [0.1, 0.15) is 22.5 Å². The molecule has 8 nitrogen and oxygen atoms in total. The van der Waals surface area contributed by atoms with Crippen molar-refractivity contribution in [1.82, 2.24) is 15.5 Å². The van der Waals surface area contributed by atoms with Crippen molar-refractivity contribution >= 4 is 17.5 Å². The van der Waals surface area contributed by atoms with Crippen LogP contribution in [0.15, 0.2) is 48.5 Å². The molecular weight excluding hydrogens is 408 g/mol. The van der Waals surface area contributed by atoms with E-state index in [9.17, 15) is 9.59 Å². The first kappa shape index (κ1) is 21.4. The highest BCUT2D eigenvalue weighted by Crippen LogP contribution is 2.35. The number of amides is 2. The summed E-state index contributed by atoms with van der Waals surface area (Å²) in [6.45, 7) is 3.99. The Morgan fingerprint density at radius 1 is 1.12 bits per heavy atom. The first-order valence-electron chi connectivity index (χ1n) is 10.4. The van der Waals surface area contributed by atoms with Crippen LogP contribution in [0.2, 0.25) is 0 Å². The molecule has 3 aromatic rings. The molecule has 0 unspecified atom stereocenters. The van der Waals surface area contributed by atoms with Crippen LogP contribution >= 0.6 is 0 Å². The van der Waals surface area contributed by atoms with Crippen molar-refractivity contribution < 1.29 is 19.1 Å². The number of fused-ring (bicyclic) bond motifs is 1. The number of ether oxygens (including phenoxy) is 2. The maximum Gasteiger partial charge on any atom is 0.249 e. The first-order chi connectivity index (χ1) is 15.4. The lowest BCUT2D eigenvalue weighted by Crippen LogP contribution is -2.49.